The number of nitrogens with zero attached hydrogens (tertiary/aromatic N) is 3. The molecule has 1 fully saturated rings. The van der Waals surface area contributed by atoms with Crippen LogP contribution in [0.3, 0.4) is 0 Å². The fourth-order valence-electron chi connectivity index (χ4n) is 4.37. The standard InChI is InChI=1S/C29H30N4O4/c1-3-37-24-11-9-23(10-12-24)33-28(35)25-13-8-22(27(34)30-19-21-6-4-20(2)5-7-21)18-26(25)31-29(33)32-14-16-36-17-15-32/h4-13,18H,3,14-17,19H2,1-2H3,(H,30,34). The van der Waals surface area contributed by atoms with E-state index in [1.807, 2.05) is 67.3 Å². The van der Waals surface area contributed by atoms with Gasteiger partial charge in [-0.05, 0) is 61.9 Å². The Balaban J connectivity index is 1.51. The van der Waals surface area contributed by atoms with Gasteiger partial charge in [-0.2, -0.15) is 0 Å². The molecule has 2 heterocycles. The zero-order valence-corrected chi connectivity index (χ0v) is 21.1. The van der Waals surface area contributed by atoms with Crippen molar-refractivity contribution in [2.24, 2.45) is 0 Å². The molecular weight excluding hydrogens is 468 g/mol. The summed E-state index contributed by atoms with van der Waals surface area (Å²) in [4.78, 5) is 33.6. The largest absolute Gasteiger partial charge is 0.494 e. The number of hydrogen-bond donors (Lipinski definition) is 1. The molecule has 190 valence electrons. The van der Waals surface area contributed by atoms with Crippen LogP contribution in [0.4, 0.5) is 5.95 Å². The Kier molecular flexibility index (Phi) is 7.18. The van der Waals surface area contributed by atoms with Crippen LogP contribution in [0.2, 0.25) is 0 Å². The summed E-state index contributed by atoms with van der Waals surface area (Å²) in [5.41, 5.74) is 3.63. The maximum Gasteiger partial charge on any atom is 0.267 e. The molecule has 8 nitrogen and oxygen atoms in total. The van der Waals surface area contributed by atoms with Crippen molar-refractivity contribution in [2.75, 3.05) is 37.8 Å². The minimum Gasteiger partial charge on any atom is -0.494 e. The molecule has 1 amide bonds. The fourth-order valence-corrected chi connectivity index (χ4v) is 4.37. The van der Waals surface area contributed by atoms with E-state index < -0.39 is 0 Å². The Hall–Kier alpha value is -4.17. The highest BCUT2D eigenvalue weighted by molar-refractivity contribution is 5.97. The minimum absolute atomic E-state index is 0.192. The summed E-state index contributed by atoms with van der Waals surface area (Å²) in [6, 6.07) is 20.5. The first-order valence-corrected chi connectivity index (χ1v) is 12.5. The second kappa shape index (κ2) is 10.8. The molecule has 5 rings (SSSR count). The monoisotopic (exact) mass is 498 g/mol. The average molecular weight is 499 g/mol. The molecule has 1 aliphatic heterocycles. The number of ether oxygens (including phenoxy) is 2. The van der Waals surface area contributed by atoms with Gasteiger partial charge in [0.2, 0.25) is 5.95 Å². The predicted octanol–water partition coefficient (Wildman–Crippen LogP) is 3.86. The molecule has 8 heteroatoms. The van der Waals surface area contributed by atoms with Gasteiger partial charge in [0, 0.05) is 25.2 Å². The first-order valence-electron chi connectivity index (χ1n) is 12.5. The van der Waals surface area contributed by atoms with Crippen LogP contribution in [0.1, 0.15) is 28.4 Å². The van der Waals surface area contributed by atoms with Gasteiger partial charge in [-0.25, -0.2) is 9.55 Å². The molecular formula is C29H30N4O4. The molecule has 1 aromatic heterocycles. The second-order valence-electron chi connectivity index (χ2n) is 8.98. The molecule has 0 spiro atoms. The zero-order valence-electron chi connectivity index (χ0n) is 21.1. The van der Waals surface area contributed by atoms with Crippen molar-refractivity contribution < 1.29 is 14.3 Å². The Morgan fingerprint density at radius 2 is 1.76 bits per heavy atom. The molecule has 4 aromatic rings. The molecule has 0 unspecified atom stereocenters. The van der Waals surface area contributed by atoms with Gasteiger partial charge in [0.15, 0.2) is 0 Å². The molecule has 0 radical (unpaired) electrons. The van der Waals surface area contributed by atoms with E-state index in [0.717, 1.165) is 11.3 Å². The van der Waals surface area contributed by atoms with Gasteiger partial charge >= 0.3 is 0 Å². The first-order chi connectivity index (χ1) is 18.0. The molecule has 1 N–H and O–H groups in total. The highest BCUT2D eigenvalue weighted by Gasteiger charge is 2.21. The minimum atomic E-state index is -0.215. The van der Waals surface area contributed by atoms with Gasteiger partial charge in [0.05, 0.1) is 36.4 Å². The molecule has 0 saturated carbocycles. The highest BCUT2D eigenvalue weighted by atomic mass is 16.5. The van der Waals surface area contributed by atoms with Gasteiger partial charge in [0.1, 0.15) is 5.75 Å². The van der Waals surface area contributed by atoms with Crippen LogP contribution in [0.25, 0.3) is 16.6 Å². The lowest BCUT2D eigenvalue weighted by Gasteiger charge is -2.30. The smallest absolute Gasteiger partial charge is 0.267 e. The van der Waals surface area contributed by atoms with Gasteiger partial charge in [-0.3, -0.25) is 9.59 Å². The number of fused-ring (bicyclic) bond motifs is 1. The molecule has 0 atom stereocenters. The summed E-state index contributed by atoms with van der Waals surface area (Å²) in [5.74, 6) is 1.05. The molecule has 0 bridgehead atoms. The lowest BCUT2D eigenvalue weighted by molar-refractivity contribution is 0.0951. The van der Waals surface area contributed by atoms with Crippen LogP contribution in [-0.2, 0) is 11.3 Å². The number of nitrogens with one attached hydrogen (secondary N) is 1. The van der Waals surface area contributed by atoms with Crippen molar-refractivity contribution in [1.29, 1.82) is 0 Å². The Bertz CT molecular complexity index is 1460. The summed E-state index contributed by atoms with van der Waals surface area (Å²) in [6.45, 7) is 7.28. The van der Waals surface area contributed by atoms with Gasteiger partial charge in [0.25, 0.3) is 11.5 Å². The lowest BCUT2D eigenvalue weighted by atomic mass is 10.1. The second-order valence-corrected chi connectivity index (χ2v) is 8.98. The predicted molar refractivity (Wildman–Crippen MR) is 144 cm³/mol. The van der Waals surface area contributed by atoms with E-state index in [1.54, 1.807) is 22.8 Å². The molecule has 3 aromatic carbocycles. The number of anilines is 1. The van der Waals surface area contributed by atoms with E-state index in [2.05, 4.69) is 5.32 Å². The normalized spacial score (nSPS) is 13.5. The van der Waals surface area contributed by atoms with Crippen LogP contribution in [0, 0.1) is 6.92 Å². The number of aryl methyl sites for hydroxylation is 1. The number of rotatable bonds is 7. The molecule has 1 saturated heterocycles. The topological polar surface area (TPSA) is 85.7 Å². The third-order valence-corrected chi connectivity index (χ3v) is 6.39. The average Bonchev–Trinajstić information content (AvgIpc) is 2.93. The Morgan fingerprint density at radius 3 is 2.46 bits per heavy atom. The van der Waals surface area contributed by atoms with Crippen LogP contribution < -0.4 is 20.5 Å². The lowest BCUT2D eigenvalue weighted by Crippen LogP contribution is -2.40. The summed E-state index contributed by atoms with van der Waals surface area (Å²) in [7, 11) is 0. The van der Waals surface area contributed by atoms with Crippen LogP contribution in [-0.4, -0.2) is 48.4 Å². The van der Waals surface area contributed by atoms with Crippen molar-refractivity contribution >= 4 is 22.8 Å². The summed E-state index contributed by atoms with van der Waals surface area (Å²) in [5, 5.41) is 3.40. The van der Waals surface area contributed by atoms with Crippen molar-refractivity contribution in [3.8, 4) is 11.4 Å². The van der Waals surface area contributed by atoms with E-state index in [-0.39, 0.29) is 11.5 Å². The number of carbonyl (C=O) groups is 1. The molecule has 0 aliphatic carbocycles. The van der Waals surface area contributed by atoms with Crippen molar-refractivity contribution in [2.45, 2.75) is 20.4 Å². The number of carbonyl (C=O) groups excluding carboxylic acids is 1. The number of hydrogen-bond acceptors (Lipinski definition) is 6. The van der Waals surface area contributed by atoms with Gasteiger partial charge < -0.3 is 19.7 Å². The third kappa shape index (κ3) is 5.34. The number of aromatic nitrogens is 2. The molecule has 1 aliphatic rings. The zero-order chi connectivity index (χ0) is 25.8. The Labute approximate surface area is 215 Å². The Morgan fingerprint density at radius 1 is 1.03 bits per heavy atom. The van der Waals surface area contributed by atoms with Gasteiger partial charge in [-0.15, -0.1) is 0 Å². The number of amides is 1. The maximum absolute atomic E-state index is 13.8. The van der Waals surface area contributed by atoms with E-state index in [0.29, 0.717) is 67.6 Å². The number of benzene rings is 3. The van der Waals surface area contributed by atoms with E-state index in [1.165, 1.54) is 5.56 Å². The van der Waals surface area contributed by atoms with Crippen molar-refractivity contribution in [1.82, 2.24) is 14.9 Å². The van der Waals surface area contributed by atoms with Crippen molar-refractivity contribution in [3.05, 3.63) is 93.8 Å². The van der Waals surface area contributed by atoms with Crippen molar-refractivity contribution in [3.63, 3.8) is 0 Å². The first kappa shape index (κ1) is 24.5. The third-order valence-electron chi connectivity index (χ3n) is 6.39. The summed E-state index contributed by atoms with van der Waals surface area (Å²) in [6.07, 6.45) is 0. The molecule has 37 heavy (non-hydrogen) atoms. The summed E-state index contributed by atoms with van der Waals surface area (Å²) >= 11 is 0. The van der Waals surface area contributed by atoms with Crippen LogP contribution >= 0.6 is 0 Å². The van der Waals surface area contributed by atoms with Crippen LogP contribution in [0.15, 0.2) is 71.5 Å². The van der Waals surface area contributed by atoms with Crippen LogP contribution in [0.5, 0.6) is 5.75 Å². The quantitative estimate of drug-likeness (QED) is 0.417. The number of morpholine rings is 1. The fraction of sp³-hybridized carbons (Fsp3) is 0.276. The maximum atomic E-state index is 13.8. The van der Waals surface area contributed by atoms with E-state index in [9.17, 15) is 9.59 Å². The highest BCUT2D eigenvalue weighted by Crippen LogP contribution is 2.23. The van der Waals surface area contributed by atoms with E-state index >= 15 is 0 Å². The van der Waals surface area contributed by atoms with Gasteiger partial charge in [-0.1, -0.05) is 29.8 Å². The van der Waals surface area contributed by atoms with E-state index in [4.69, 9.17) is 14.5 Å². The SMILES string of the molecule is CCOc1ccc(-n2c(N3CCOCC3)nc3cc(C(=O)NCc4ccc(C)cc4)ccc3c2=O)cc1. The summed E-state index contributed by atoms with van der Waals surface area (Å²) < 4.78 is 12.7.